The molecule has 4 aromatic rings. The van der Waals surface area contributed by atoms with Crippen LogP contribution >= 0.6 is 0 Å². The van der Waals surface area contributed by atoms with Crippen LogP contribution in [0.3, 0.4) is 0 Å². The van der Waals surface area contributed by atoms with Crippen molar-refractivity contribution in [1.82, 2.24) is 14.8 Å². The van der Waals surface area contributed by atoms with Gasteiger partial charge in [-0.15, -0.1) is 0 Å². The number of rotatable bonds is 4. The number of pyridine rings is 1. The van der Waals surface area contributed by atoms with Crippen molar-refractivity contribution in [1.29, 1.82) is 0 Å². The minimum absolute atomic E-state index is 0.0498. The Bertz CT molecular complexity index is 1250. The largest absolute Gasteiger partial charge is 0.464 e. The van der Waals surface area contributed by atoms with Gasteiger partial charge in [-0.1, -0.05) is 24.3 Å². The fraction of sp³-hybridized carbons (Fsp3) is 0.136. The lowest BCUT2D eigenvalue weighted by Crippen LogP contribution is -2.27. The number of fused-ring (bicyclic) bond motifs is 1. The molecule has 0 saturated heterocycles. The number of anilines is 2. The second-order valence-corrected chi connectivity index (χ2v) is 7.30. The van der Waals surface area contributed by atoms with Crippen LogP contribution in [0.2, 0.25) is 0 Å². The van der Waals surface area contributed by atoms with E-state index in [2.05, 4.69) is 10.1 Å². The lowest BCUT2D eigenvalue weighted by Gasteiger charge is -2.25. The summed E-state index contributed by atoms with van der Waals surface area (Å²) in [6.07, 6.45) is 1.54. The standard InChI is InChI=1S/C22H19FN4O3/c1-22(2,30)19-10-11-25-27(19)20-16(23)7-5-9-18(20)26(21(28)29)15-12-14-6-3-4-8-17(14)24-13-15/h3-13,30H,1-2H3,(H,28,29). The third-order valence-electron chi connectivity index (χ3n) is 4.71. The average Bonchev–Trinajstić information content (AvgIpc) is 3.18. The van der Waals surface area contributed by atoms with E-state index in [0.717, 1.165) is 10.3 Å². The Labute approximate surface area is 171 Å². The molecule has 2 aromatic heterocycles. The van der Waals surface area contributed by atoms with Gasteiger partial charge >= 0.3 is 6.09 Å². The molecule has 0 radical (unpaired) electrons. The first-order chi connectivity index (χ1) is 14.3. The number of nitrogens with zero attached hydrogens (tertiary/aromatic N) is 4. The highest BCUT2D eigenvalue weighted by Crippen LogP contribution is 2.35. The summed E-state index contributed by atoms with van der Waals surface area (Å²) < 4.78 is 16.2. The van der Waals surface area contributed by atoms with E-state index in [-0.39, 0.29) is 17.1 Å². The summed E-state index contributed by atoms with van der Waals surface area (Å²) >= 11 is 0. The van der Waals surface area contributed by atoms with Gasteiger partial charge in [0.05, 0.1) is 28.8 Å². The smallest absolute Gasteiger partial charge is 0.416 e. The summed E-state index contributed by atoms with van der Waals surface area (Å²) in [5, 5.41) is 25.3. The summed E-state index contributed by atoms with van der Waals surface area (Å²) in [5.74, 6) is -0.679. The van der Waals surface area contributed by atoms with Gasteiger partial charge < -0.3 is 10.2 Å². The first kappa shape index (κ1) is 19.5. The number of aliphatic hydroxyl groups is 1. The van der Waals surface area contributed by atoms with Crippen molar-refractivity contribution in [2.75, 3.05) is 4.90 Å². The van der Waals surface area contributed by atoms with Gasteiger partial charge in [-0.25, -0.2) is 18.8 Å². The molecule has 0 atom stereocenters. The molecular weight excluding hydrogens is 387 g/mol. The Morgan fingerprint density at radius 2 is 1.90 bits per heavy atom. The number of benzene rings is 2. The van der Waals surface area contributed by atoms with Crippen LogP contribution in [0.1, 0.15) is 19.5 Å². The average molecular weight is 406 g/mol. The van der Waals surface area contributed by atoms with Crippen LogP contribution in [-0.4, -0.2) is 31.1 Å². The van der Waals surface area contributed by atoms with Crippen molar-refractivity contribution in [2.45, 2.75) is 19.4 Å². The predicted molar refractivity (Wildman–Crippen MR) is 111 cm³/mol. The van der Waals surface area contributed by atoms with Gasteiger partial charge in [-0.2, -0.15) is 5.10 Å². The number of carboxylic acid groups (broad SMARTS) is 1. The van der Waals surface area contributed by atoms with Crippen LogP contribution in [0.4, 0.5) is 20.6 Å². The highest BCUT2D eigenvalue weighted by molar-refractivity contribution is 5.99. The van der Waals surface area contributed by atoms with Gasteiger partial charge in [-0.3, -0.25) is 4.98 Å². The minimum atomic E-state index is -1.32. The summed E-state index contributed by atoms with van der Waals surface area (Å²) in [6, 6.07) is 14.6. The maximum Gasteiger partial charge on any atom is 0.416 e. The number of amides is 1. The molecule has 0 aliphatic heterocycles. The molecular formula is C22H19FN4O3. The lowest BCUT2D eigenvalue weighted by molar-refractivity contribution is 0.0711. The Balaban J connectivity index is 1.95. The number of carbonyl (C=O) groups is 1. The predicted octanol–water partition coefficient (Wildman–Crippen LogP) is 4.60. The first-order valence-corrected chi connectivity index (χ1v) is 9.21. The maximum absolute atomic E-state index is 15.0. The molecule has 0 aliphatic carbocycles. The van der Waals surface area contributed by atoms with Crippen molar-refractivity contribution in [3.8, 4) is 5.69 Å². The molecule has 7 nitrogen and oxygen atoms in total. The minimum Gasteiger partial charge on any atom is -0.464 e. The normalized spacial score (nSPS) is 11.6. The molecule has 30 heavy (non-hydrogen) atoms. The summed E-state index contributed by atoms with van der Waals surface area (Å²) in [6.45, 7) is 3.09. The van der Waals surface area contributed by atoms with Crippen molar-refractivity contribution >= 4 is 28.4 Å². The van der Waals surface area contributed by atoms with E-state index in [4.69, 9.17) is 0 Å². The molecule has 152 valence electrons. The van der Waals surface area contributed by atoms with Crippen LogP contribution < -0.4 is 4.90 Å². The zero-order chi connectivity index (χ0) is 21.5. The van der Waals surface area contributed by atoms with E-state index in [1.807, 2.05) is 24.3 Å². The Hall–Kier alpha value is -3.78. The van der Waals surface area contributed by atoms with Gasteiger partial charge in [0.1, 0.15) is 11.3 Å². The summed E-state index contributed by atoms with van der Waals surface area (Å²) in [5.41, 5.74) is -0.0820. The fourth-order valence-corrected chi connectivity index (χ4v) is 3.37. The number of hydrogen-bond acceptors (Lipinski definition) is 4. The number of aromatic nitrogens is 3. The van der Waals surface area contributed by atoms with E-state index in [0.29, 0.717) is 11.2 Å². The number of halogens is 1. The van der Waals surface area contributed by atoms with Gasteiger partial charge in [-0.05, 0) is 44.2 Å². The molecule has 0 spiro atoms. The van der Waals surface area contributed by atoms with Crippen LogP contribution in [0.25, 0.3) is 16.6 Å². The highest BCUT2D eigenvalue weighted by Gasteiger charge is 2.28. The van der Waals surface area contributed by atoms with Crippen LogP contribution in [0, 0.1) is 5.82 Å². The SMILES string of the molecule is CC(C)(O)c1ccnn1-c1c(F)cccc1N(C(=O)O)c1cnc2ccccc2c1. The molecule has 0 aliphatic rings. The van der Waals surface area contributed by atoms with Crippen molar-refractivity contribution < 1.29 is 19.4 Å². The lowest BCUT2D eigenvalue weighted by atomic mass is 10.1. The maximum atomic E-state index is 15.0. The van der Waals surface area contributed by atoms with Crippen molar-refractivity contribution in [3.05, 3.63) is 78.5 Å². The third kappa shape index (κ3) is 3.37. The van der Waals surface area contributed by atoms with Crippen LogP contribution in [0.5, 0.6) is 0 Å². The molecule has 2 heterocycles. The zero-order valence-corrected chi connectivity index (χ0v) is 16.3. The molecule has 0 unspecified atom stereocenters. The molecule has 8 heteroatoms. The quantitative estimate of drug-likeness (QED) is 0.517. The van der Waals surface area contributed by atoms with E-state index < -0.39 is 17.5 Å². The second kappa shape index (κ2) is 7.23. The third-order valence-corrected chi connectivity index (χ3v) is 4.71. The number of para-hydroxylation sites is 2. The van der Waals surface area contributed by atoms with Crippen molar-refractivity contribution in [2.24, 2.45) is 0 Å². The van der Waals surface area contributed by atoms with Gasteiger partial charge in [0, 0.05) is 11.6 Å². The Morgan fingerprint density at radius 3 is 2.63 bits per heavy atom. The first-order valence-electron chi connectivity index (χ1n) is 9.21. The summed E-state index contributed by atoms with van der Waals surface area (Å²) in [4.78, 5) is 17.5. The molecule has 2 N–H and O–H groups in total. The van der Waals surface area contributed by atoms with Crippen molar-refractivity contribution in [3.63, 3.8) is 0 Å². The highest BCUT2D eigenvalue weighted by atomic mass is 19.1. The van der Waals surface area contributed by atoms with Gasteiger partial charge in [0.15, 0.2) is 5.82 Å². The van der Waals surface area contributed by atoms with E-state index >= 15 is 0 Å². The molecule has 2 aromatic carbocycles. The molecule has 1 amide bonds. The fourth-order valence-electron chi connectivity index (χ4n) is 3.37. The van der Waals surface area contributed by atoms with Crippen LogP contribution in [-0.2, 0) is 5.60 Å². The summed E-state index contributed by atoms with van der Waals surface area (Å²) in [7, 11) is 0. The topological polar surface area (TPSA) is 91.5 Å². The second-order valence-electron chi connectivity index (χ2n) is 7.30. The van der Waals surface area contributed by atoms with E-state index in [1.54, 1.807) is 26.0 Å². The van der Waals surface area contributed by atoms with Gasteiger partial charge in [0.2, 0.25) is 0 Å². The van der Waals surface area contributed by atoms with E-state index in [9.17, 15) is 19.4 Å². The molecule has 0 fully saturated rings. The Morgan fingerprint density at radius 1 is 1.13 bits per heavy atom. The molecule has 0 saturated carbocycles. The van der Waals surface area contributed by atoms with Gasteiger partial charge in [0.25, 0.3) is 0 Å². The molecule has 0 bridgehead atoms. The number of hydrogen-bond donors (Lipinski definition) is 2. The molecule has 4 rings (SSSR count). The van der Waals surface area contributed by atoms with Crippen LogP contribution in [0.15, 0.2) is 67.0 Å². The monoisotopic (exact) mass is 406 g/mol. The Kier molecular flexibility index (Phi) is 4.71. The zero-order valence-electron chi connectivity index (χ0n) is 16.3. The van der Waals surface area contributed by atoms with E-state index in [1.165, 1.54) is 35.3 Å².